The molecule has 1 amide bonds. The Bertz CT molecular complexity index is 613. The summed E-state index contributed by atoms with van der Waals surface area (Å²) in [6.45, 7) is 0. The first kappa shape index (κ1) is 13.2. The molecule has 2 aromatic rings. The van der Waals surface area contributed by atoms with E-state index in [2.05, 4.69) is 5.32 Å². The number of aromatic hydroxyl groups is 2. The number of alkyl halides is 1. The number of halogens is 1. The van der Waals surface area contributed by atoms with Crippen LogP contribution in [-0.2, 0) is 5.88 Å². The van der Waals surface area contributed by atoms with E-state index in [0.717, 1.165) is 11.6 Å². The second-order valence-corrected chi connectivity index (χ2v) is 4.21. The number of carbonyl (C=O) groups excluding carboxylic acids is 1. The SMILES string of the molecule is O=C(Nc1ccccc1CCl)c1ccc(O)cc1O. The summed E-state index contributed by atoms with van der Waals surface area (Å²) in [6, 6.07) is 10.9. The smallest absolute Gasteiger partial charge is 0.259 e. The standard InChI is InChI=1S/C14H12ClNO3/c15-8-9-3-1-2-4-12(9)16-14(19)11-6-5-10(17)7-13(11)18/h1-7,17-18H,8H2,(H,16,19). The summed E-state index contributed by atoms with van der Waals surface area (Å²) in [5.74, 6) is -0.566. The Morgan fingerprint density at radius 2 is 1.89 bits per heavy atom. The molecular formula is C14H12ClNO3. The molecule has 0 fully saturated rings. The quantitative estimate of drug-likeness (QED) is 0.755. The monoisotopic (exact) mass is 277 g/mol. The van der Waals surface area contributed by atoms with Crippen molar-refractivity contribution in [3.05, 3.63) is 53.6 Å². The molecule has 0 aliphatic rings. The van der Waals surface area contributed by atoms with Gasteiger partial charge in [-0.3, -0.25) is 4.79 Å². The molecule has 0 aliphatic carbocycles. The largest absolute Gasteiger partial charge is 0.508 e. The fourth-order valence-corrected chi connectivity index (χ4v) is 1.89. The number of amides is 1. The number of hydrogen-bond acceptors (Lipinski definition) is 3. The van der Waals surface area contributed by atoms with Gasteiger partial charge >= 0.3 is 0 Å². The Hall–Kier alpha value is -2.20. The van der Waals surface area contributed by atoms with Crippen molar-refractivity contribution >= 4 is 23.2 Å². The minimum Gasteiger partial charge on any atom is -0.508 e. The maximum Gasteiger partial charge on any atom is 0.259 e. The minimum atomic E-state index is -0.463. The predicted molar refractivity (Wildman–Crippen MR) is 73.7 cm³/mol. The Morgan fingerprint density at radius 3 is 2.58 bits per heavy atom. The van der Waals surface area contributed by atoms with Gasteiger partial charge in [0, 0.05) is 17.6 Å². The van der Waals surface area contributed by atoms with Crippen LogP contribution in [0.2, 0.25) is 0 Å². The van der Waals surface area contributed by atoms with Gasteiger partial charge in [-0.15, -0.1) is 11.6 Å². The van der Waals surface area contributed by atoms with Gasteiger partial charge in [0.15, 0.2) is 0 Å². The zero-order chi connectivity index (χ0) is 13.8. The lowest BCUT2D eigenvalue weighted by Gasteiger charge is -2.10. The Labute approximate surface area is 115 Å². The molecule has 4 nitrogen and oxygen atoms in total. The second kappa shape index (κ2) is 5.63. The van der Waals surface area contributed by atoms with Gasteiger partial charge in [-0.05, 0) is 23.8 Å². The molecule has 2 rings (SSSR count). The lowest BCUT2D eigenvalue weighted by atomic mass is 10.1. The van der Waals surface area contributed by atoms with Crippen molar-refractivity contribution in [3.63, 3.8) is 0 Å². The van der Waals surface area contributed by atoms with Crippen LogP contribution >= 0.6 is 11.6 Å². The first-order valence-electron chi connectivity index (χ1n) is 5.59. The van der Waals surface area contributed by atoms with Gasteiger partial charge in [0.1, 0.15) is 11.5 Å². The average molecular weight is 278 g/mol. The zero-order valence-corrected chi connectivity index (χ0v) is 10.7. The number of benzene rings is 2. The van der Waals surface area contributed by atoms with Crippen LogP contribution in [-0.4, -0.2) is 16.1 Å². The van der Waals surface area contributed by atoms with Crippen LogP contribution in [0.4, 0.5) is 5.69 Å². The van der Waals surface area contributed by atoms with Crippen LogP contribution in [0.15, 0.2) is 42.5 Å². The van der Waals surface area contributed by atoms with Crippen molar-refractivity contribution in [1.82, 2.24) is 0 Å². The van der Waals surface area contributed by atoms with E-state index in [1.165, 1.54) is 12.1 Å². The summed E-state index contributed by atoms with van der Waals surface area (Å²) in [6.07, 6.45) is 0. The predicted octanol–water partition coefficient (Wildman–Crippen LogP) is 3.09. The highest BCUT2D eigenvalue weighted by molar-refractivity contribution is 6.17. The fourth-order valence-electron chi connectivity index (χ4n) is 1.66. The highest BCUT2D eigenvalue weighted by Crippen LogP contribution is 2.24. The Balaban J connectivity index is 2.26. The van der Waals surface area contributed by atoms with Crippen LogP contribution in [0, 0.1) is 0 Å². The number of anilines is 1. The minimum absolute atomic E-state index is 0.0853. The number of para-hydroxylation sites is 1. The molecule has 19 heavy (non-hydrogen) atoms. The summed E-state index contributed by atoms with van der Waals surface area (Å²) in [5.41, 5.74) is 1.47. The highest BCUT2D eigenvalue weighted by atomic mass is 35.5. The molecule has 3 N–H and O–H groups in total. The molecular weight excluding hydrogens is 266 g/mol. The second-order valence-electron chi connectivity index (χ2n) is 3.95. The molecule has 0 aromatic heterocycles. The van der Waals surface area contributed by atoms with E-state index >= 15 is 0 Å². The lowest BCUT2D eigenvalue weighted by molar-refractivity contribution is 0.102. The van der Waals surface area contributed by atoms with Crippen LogP contribution < -0.4 is 5.32 Å². The van der Waals surface area contributed by atoms with Crippen molar-refractivity contribution < 1.29 is 15.0 Å². The molecule has 0 spiro atoms. The molecule has 0 heterocycles. The van der Waals surface area contributed by atoms with Gasteiger partial charge in [0.2, 0.25) is 0 Å². The maximum atomic E-state index is 12.0. The molecule has 0 unspecified atom stereocenters. The van der Waals surface area contributed by atoms with Crippen LogP contribution in [0.5, 0.6) is 11.5 Å². The van der Waals surface area contributed by atoms with Crippen molar-refractivity contribution in [1.29, 1.82) is 0 Å². The molecule has 2 aromatic carbocycles. The molecule has 98 valence electrons. The third-order valence-electron chi connectivity index (χ3n) is 2.64. The number of rotatable bonds is 3. The van der Waals surface area contributed by atoms with Crippen molar-refractivity contribution in [2.75, 3.05) is 5.32 Å². The number of phenolic OH excluding ortho intramolecular Hbond substituents is 2. The van der Waals surface area contributed by atoms with E-state index < -0.39 is 5.91 Å². The third kappa shape index (κ3) is 2.98. The normalized spacial score (nSPS) is 10.2. The van der Waals surface area contributed by atoms with Gasteiger partial charge in [-0.2, -0.15) is 0 Å². The van der Waals surface area contributed by atoms with Crippen LogP contribution in [0.1, 0.15) is 15.9 Å². The van der Waals surface area contributed by atoms with E-state index in [1.807, 2.05) is 6.07 Å². The molecule has 0 saturated carbocycles. The lowest BCUT2D eigenvalue weighted by Crippen LogP contribution is -2.13. The maximum absolute atomic E-state index is 12.0. The average Bonchev–Trinajstić information content (AvgIpc) is 2.39. The van der Waals surface area contributed by atoms with E-state index in [-0.39, 0.29) is 22.9 Å². The van der Waals surface area contributed by atoms with Crippen molar-refractivity contribution in [2.24, 2.45) is 0 Å². The number of hydrogen-bond donors (Lipinski definition) is 3. The van der Waals surface area contributed by atoms with E-state index in [4.69, 9.17) is 11.6 Å². The van der Waals surface area contributed by atoms with Gasteiger partial charge in [0.25, 0.3) is 5.91 Å². The number of carbonyl (C=O) groups is 1. The summed E-state index contributed by atoms with van der Waals surface area (Å²) in [7, 11) is 0. The summed E-state index contributed by atoms with van der Waals surface area (Å²) >= 11 is 5.78. The molecule has 0 atom stereocenters. The van der Waals surface area contributed by atoms with E-state index in [1.54, 1.807) is 18.2 Å². The Morgan fingerprint density at radius 1 is 1.16 bits per heavy atom. The van der Waals surface area contributed by atoms with Gasteiger partial charge in [0.05, 0.1) is 5.56 Å². The van der Waals surface area contributed by atoms with E-state index in [0.29, 0.717) is 5.69 Å². The van der Waals surface area contributed by atoms with Crippen LogP contribution in [0.25, 0.3) is 0 Å². The first-order chi connectivity index (χ1) is 9.11. The topological polar surface area (TPSA) is 69.6 Å². The van der Waals surface area contributed by atoms with Crippen molar-refractivity contribution in [2.45, 2.75) is 5.88 Å². The first-order valence-corrected chi connectivity index (χ1v) is 6.12. The van der Waals surface area contributed by atoms with Gasteiger partial charge in [-0.1, -0.05) is 18.2 Å². The van der Waals surface area contributed by atoms with E-state index in [9.17, 15) is 15.0 Å². The van der Waals surface area contributed by atoms with Crippen LogP contribution in [0.3, 0.4) is 0 Å². The van der Waals surface area contributed by atoms with Crippen molar-refractivity contribution in [3.8, 4) is 11.5 Å². The molecule has 5 heteroatoms. The highest BCUT2D eigenvalue weighted by Gasteiger charge is 2.13. The molecule has 0 radical (unpaired) electrons. The molecule has 0 aliphatic heterocycles. The molecule has 0 saturated heterocycles. The van der Waals surface area contributed by atoms with Gasteiger partial charge in [-0.25, -0.2) is 0 Å². The number of nitrogens with one attached hydrogen (secondary N) is 1. The van der Waals surface area contributed by atoms with Gasteiger partial charge < -0.3 is 15.5 Å². The summed E-state index contributed by atoms with van der Waals surface area (Å²) in [5, 5.41) is 21.5. The number of phenols is 2. The summed E-state index contributed by atoms with van der Waals surface area (Å²) < 4.78 is 0. The molecule has 0 bridgehead atoms. The summed E-state index contributed by atoms with van der Waals surface area (Å²) in [4.78, 5) is 12.0. The zero-order valence-electron chi connectivity index (χ0n) is 9.93. The fraction of sp³-hybridized carbons (Fsp3) is 0.0714. The Kier molecular flexibility index (Phi) is 3.92. The third-order valence-corrected chi connectivity index (χ3v) is 2.92.